The normalized spacial score (nSPS) is 13.0. The van der Waals surface area contributed by atoms with Gasteiger partial charge in [-0.3, -0.25) is 5.84 Å². The molecule has 2 heterocycles. The van der Waals surface area contributed by atoms with Crippen molar-refractivity contribution < 1.29 is 4.42 Å². The Morgan fingerprint density at radius 1 is 1.30 bits per heavy atom. The van der Waals surface area contributed by atoms with E-state index in [2.05, 4.69) is 18.4 Å². The van der Waals surface area contributed by atoms with Gasteiger partial charge in [-0.2, -0.15) is 0 Å². The molecule has 0 aliphatic heterocycles. The van der Waals surface area contributed by atoms with Crippen LogP contribution in [0.2, 0.25) is 5.02 Å². The highest BCUT2D eigenvalue weighted by Gasteiger charge is 2.22. The van der Waals surface area contributed by atoms with Gasteiger partial charge in [0.1, 0.15) is 17.4 Å². The monoisotopic (exact) mass is 306 g/mol. The number of halogens is 1. The zero-order chi connectivity index (χ0) is 14.3. The smallest absolute Gasteiger partial charge is 0.134 e. The highest BCUT2D eigenvalue weighted by Crippen LogP contribution is 2.37. The number of thiophene rings is 1. The zero-order valence-corrected chi connectivity index (χ0v) is 12.8. The molecule has 3 N–H and O–H groups in total. The van der Waals surface area contributed by atoms with Gasteiger partial charge in [-0.15, -0.1) is 11.3 Å². The predicted octanol–water partition coefficient (Wildman–Crippen LogP) is 4.32. The molecule has 3 aromatic rings. The van der Waals surface area contributed by atoms with E-state index in [4.69, 9.17) is 21.9 Å². The fraction of sp³-hybridized carbons (Fsp3) is 0.200. The summed E-state index contributed by atoms with van der Waals surface area (Å²) < 4.78 is 5.90. The lowest BCUT2D eigenvalue weighted by atomic mass is 10.1. The van der Waals surface area contributed by atoms with Crippen LogP contribution >= 0.6 is 22.9 Å². The third-order valence-electron chi connectivity index (χ3n) is 3.33. The van der Waals surface area contributed by atoms with Crippen molar-refractivity contribution >= 4 is 33.9 Å². The number of rotatable bonds is 3. The van der Waals surface area contributed by atoms with E-state index < -0.39 is 0 Å². The molecule has 0 saturated carbocycles. The summed E-state index contributed by atoms with van der Waals surface area (Å²) in [4.78, 5) is 0.974. The number of fused-ring (bicyclic) bond motifs is 1. The fourth-order valence-corrected chi connectivity index (χ4v) is 3.63. The first-order valence-corrected chi connectivity index (χ1v) is 7.55. The Morgan fingerprint density at radius 2 is 2.10 bits per heavy atom. The largest absolute Gasteiger partial charge is 0.459 e. The molecular formula is C15H15ClN2OS. The molecule has 0 spiro atoms. The van der Waals surface area contributed by atoms with E-state index in [1.165, 1.54) is 5.56 Å². The molecule has 1 atom stereocenters. The number of benzene rings is 1. The van der Waals surface area contributed by atoms with E-state index in [-0.39, 0.29) is 6.04 Å². The highest BCUT2D eigenvalue weighted by molar-refractivity contribution is 7.10. The highest BCUT2D eigenvalue weighted by atomic mass is 35.5. The third-order valence-corrected chi connectivity index (χ3v) is 5.11. The van der Waals surface area contributed by atoms with Gasteiger partial charge >= 0.3 is 0 Å². The van der Waals surface area contributed by atoms with Crippen LogP contribution in [0.3, 0.4) is 0 Å². The number of hydrogen-bond acceptors (Lipinski definition) is 4. The second kappa shape index (κ2) is 5.22. The first-order chi connectivity index (χ1) is 9.60. The van der Waals surface area contributed by atoms with Gasteiger partial charge in [0.15, 0.2) is 0 Å². The minimum atomic E-state index is -0.228. The lowest BCUT2D eigenvalue weighted by Gasteiger charge is -2.12. The van der Waals surface area contributed by atoms with Crippen LogP contribution in [0.5, 0.6) is 0 Å². The molecule has 104 valence electrons. The molecule has 1 aromatic carbocycles. The van der Waals surface area contributed by atoms with E-state index in [9.17, 15) is 0 Å². The average Bonchev–Trinajstić information content (AvgIpc) is 2.97. The topological polar surface area (TPSA) is 51.2 Å². The first-order valence-electron chi connectivity index (χ1n) is 6.30. The van der Waals surface area contributed by atoms with Gasteiger partial charge in [-0.1, -0.05) is 23.2 Å². The minimum Gasteiger partial charge on any atom is -0.459 e. The van der Waals surface area contributed by atoms with Crippen molar-refractivity contribution in [3.05, 3.63) is 56.4 Å². The number of aryl methyl sites for hydroxylation is 2. The average molecular weight is 307 g/mol. The molecule has 5 heteroatoms. The molecular weight excluding hydrogens is 292 g/mol. The van der Waals surface area contributed by atoms with Crippen LogP contribution in [0.15, 0.2) is 34.1 Å². The van der Waals surface area contributed by atoms with Crippen LogP contribution < -0.4 is 11.3 Å². The van der Waals surface area contributed by atoms with Gasteiger partial charge in [-0.05, 0) is 43.0 Å². The Balaban J connectivity index is 2.09. The Hall–Kier alpha value is -1.33. The van der Waals surface area contributed by atoms with Crippen molar-refractivity contribution in [2.45, 2.75) is 19.9 Å². The van der Waals surface area contributed by atoms with Crippen LogP contribution in [0.1, 0.15) is 27.8 Å². The molecule has 3 rings (SSSR count). The molecule has 0 fully saturated rings. The number of nitrogens with two attached hydrogens (primary N) is 1. The summed E-state index contributed by atoms with van der Waals surface area (Å²) in [7, 11) is 0. The lowest BCUT2D eigenvalue weighted by Crippen LogP contribution is -2.28. The van der Waals surface area contributed by atoms with Crippen LogP contribution in [-0.4, -0.2) is 0 Å². The maximum absolute atomic E-state index is 6.33. The van der Waals surface area contributed by atoms with Gasteiger partial charge in [0.2, 0.25) is 0 Å². The first kappa shape index (κ1) is 13.6. The van der Waals surface area contributed by atoms with E-state index in [1.807, 2.05) is 30.5 Å². The Kier molecular flexibility index (Phi) is 3.56. The van der Waals surface area contributed by atoms with Crippen molar-refractivity contribution in [2.24, 2.45) is 5.84 Å². The van der Waals surface area contributed by atoms with Crippen LogP contribution in [0.4, 0.5) is 0 Å². The standard InChI is InChI=1S/C15H15ClN2OS/c1-8-3-4-11-10(5-8)6-12(19-11)14(18-17)15-13(16)9(2)7-20-15/h3-7,14,18H,17H2,1-2H3. The predicted molar refractivity (Wildman–Crippen MR) is 84.2 cm³/mol. The maximum atomic E-state index is 6.33. The Labute approximate surface area is 126 Å². The molecule has 0 aliphatic carbocycles. The maximum Gasteiger partial charge on any atom is 0.134 e. The van der Waals surface area contributed by atoms with E-state index >= 15 is 0 Å². The summed E-state index contributed by atoms with van der Waals surface area (Å²) in [5.41, 5.74) is 5.91. The SMILES string of the molecule is Cc1ccc2oc(C(NN)c3scc(C)c3Cl)cc2c1. The molecule has 0 amide bonds. The summed E-state index contributed by atoms with van der Waals surface area (Å²) in [5.74, 6) is 6.48. The number of nitrogens with one attached hydrogen (secondary N) is 1. The molecule has 2 aromatic heterocycles. The number of furan rings is 1. The van der Waals surface area contributed by atoms with Gasteiger partial charge in [-0.25, -0.2) is 5.43 Å². The third kappa shape index (κ3) is 2.25. The van der Waals surface area contributed by atoms with Crippen molar-refractivity contribution in [2.75, 3.05) is 0 Å². The van der Waals surface area contributed by atoms with Gasteiger partial charge in [0, 0.05) is 10.3 Å². The molecule has 0 radical (unpaired) electrons. The van der Waals surface area contributed by atoms with Crippen molar-refractivity contribution in [3.8, 4) is 0 Å². The second-order valence-corrected chi connectivity index (χ2v) is 6.18. The zero-order valence-electron chi connectivity index (χ0n) is 11.2. The molecule has 0 saturated heterocycles. The van der Waals surface area contributed by atoms with Gasteiger partial charge in [0.05, 0.1) is 5.02 Å². The van der Waals surface area contributed by atoms with Crippen LogP contribution in [0, 0.1) is 13.8 Å². The molecule has 0 bridgehead atoms. The summed E-state index contributed by atoms with van der Waals surface area (Å²) >= 11 is 7.91. The van der Waals surface area contributed by atoms with Crippen LogP contribution in [0.25, 0.3) is 11.0 Å². The Bertz CT molecular complexity index is 762. The fourth-order valence-electron chi connectivity index (χ4n) is 2.26. The number of hydrazine groups is 1. The second-order valence-electron chi connectivity index (χ2n) is 4.89. The van der Waals surface area contributed by atoms with E-state index in [0.717, 1.165) is 32.2 Å². The minimum absolute atomic E-state index is 0.228. The van der Waals surface area contributed by atoms with Crippen molar-refractivity contribution in [3.63, 3.8) is 0 Å². The van der Waals surface area contributed by atoms with Gasteiger partial charge < -0.3 is 4.42 Å². The molecule has 1 unspecified atom stereocenters. The Morgan fingerprint density at radius 3 is 2.75 bits per heavy atom. The molecule has 20 heavy (non-hydrogen) atoms. The quantitative estimate of drug-likeness (QED) is 0.560. The molecule has 3 nitrogen and oxygen atoms in total. The van der Waals surface area contributed by atoms with Crippen LogP contribution in [-0.2, 0) is 0 Å². The lowest BCUT2D eigenvalue weighted by molar-refractivity contribution is 0.481. The van der Waals surface area contributed by atoms with Crippen molar-refractivity contribution in [1.29, 1.82) is 0 Å². The summed E-state index contributed by atoms with van der Waals surface area (Å²) in [6, 6.07) is 7.88. The summed E-state index contributed by atoms with van der Waals surface area (Å²) in [5, 5.41) is 3.84. The van der Waals surface area contributed by atoms with Gasteiger partial charge in [0.25, 0.3) is 0 Å². The summed E-state index contributed by atoms with van der Waals surface area (Å²) in [6.07, 6.45) is 0. The van der Waals surface area contributed by atoms with E-state index in [1.54, 1.807) is 11.3 Å². The number of hydrogen-bond donors (Lipinski definition) is 2. The summed E-state index contributed by atoms with van der Waals surface area (Å²) in [6.45, 7) is 4.04. The molecule has 0 aliphatic rings. The van der Waals surface area contributed by atoms with E-state index in [0.29, 0.717) is 0 Å². The van der Waals surface area contributed by atoms with Crippen molar-refractivity contribution in [1.82, 2.24) is 5.43 Å².